The van der Waals surface area contributed by atoms with Gasteiger partial charge in [0.05, 0.1) is 5.57 Å². The molecule has 2 aromatic heterocycles. The van der Waals surface area contributed by atoms with E-state index >= 15 is 0 Å². The molecule has 0 amide bonds. The van der Waals surface area contributed by atoms with Crippen LogP contribution in [0.2, 0.25) is 0 Å². The van der Waals surface area contributed by atoms with E-state index < -0.39 is 0 Å². The summed E-state index contributed by atoms with van der Waals surface area (Å²) in [4.78, 5) is 6.95. The van der Waals surface area contributed by atoms with Crippen molar-refractivity contribution < 1.29 is 9.36 Å². The molecule has 334 valence electrons. The maximum Gasteiger partial charge on any atom is 0.296 e. The van der Waals surface area contributed by atoms with E-state index in [0.29, 0.717) is 0 Å². The van der Waals surface area contributed by atoms with Crippen molar-refractivity contribution in [3.05, 3.63) is 224 Å². The van der Waals surface area contributed by atoms with Crippen LogP contribution >= 0.6 is 22.7 Å². The van der Waals surface area contributed by atoms with Gasteiger partial charge >= 0.3 is 0 Å². The fourth-order valence-electron chi connectivity index (χ4n) is 10.3. The van der Waals surface area contributed by atoms with Crippen LogP contribution in [0.4, 0.5) is 17.1 Å². The predicted molar refractivity (Wildman–Crippen MR) is 280 cm³/mol. The number of allylic oxidation sites excluding steroid dienone is 9. The Morgan fingerprint density at radius 1 is 0.448 bits per heavy atom. The Kier molecular flexibility index (Phi) is 11.2. The molecule has 10 rings (SSSR count). The Morgan fingerprint density at radius 2 is 0.776 bits per heavy atom. The third kappa shape index (κ3) is 7.60. The molecule has 0 aliphatic carbocycles. The normalized spacial score (nSPS) is 18.5. The van der Waals surface area contributed by atoms with Crippen LogP contribution in [0.15, 0.2) is 187 Å². The van der Waals surface area contributed by atoms with Crippen molar-refractivity contribution in [3.63, 3.8) is 0 Å². The quantitative estimate of drug-likeness (QED) is 0.135. The number of hydrogen-bond donors (Lipinski definition) is 0. The van der Waals surface area contributed by atoms with E-state index in [4.69, 9.17) is 10.2 Å². The molecule has 67 heavy (non-hydrogen) atoms. The Labute approximate surface area is 403 Å². The first kappa shape index (κ1) is 43.9. The SMILES string of the molecule is CN1C(=CC=Cc2sc(C(=CC=C3N(C)c4ccccc4C3(C)C)c3n[n+](-c4ccccc4)c(C=CC=C4N(C)c5ccccc5C4(C)C)s3)n[n+]2-c2ccccc2)C(C)(C)c2ccccc21. The van der Waals surface area contributed by atoms with Gasteiger partial charge in [-0.3, -0.25) is 0 Å². The van der Waals surface area contributed by atoms with E-state index in [1.807, 2.05) is 0 Å². The van der Waals surface area contributed by atoms with Crippen LogP contribution in [0.25, 0.3) is 29.1 Å². The average Bonchev–Trinajstić information content (AvgIpc) is 4.09. The van der Waals surface area contributed by atoms with Gasteiger partial charge < -0.3 is 14.7 Å². The lowest BCUT2D eigenvalue weighted by molar-refractivity contribution is -0.656. The van der Waals surface area contributed by atoms with Gasteiger partial charge in [0.1, 0.15) is 0 Å². The van der Waals surface area contributed by atoms with Crippen molar-refractivity contribution in [3.8, 4) is 11.4 Å². The third-order valence-corrected chi connectivity index (χ3v) is 15.9. The van der Waals surface area contributed by atoms with Crippen molar-refractivity contribution in [2.75, 3.05) is 35.8 Å². The second-order valence-electron chi connectivity index (χ2n) is 19.0. The Balaban J connectivity index is 1.12. The largest absolute Gasteiger partial charge is 0.347 e. The van der Waals surface area contributed by atoms with Gasteiger partial charge in [-0.15, -0.1) is 0 Å². The Morgan fingerprint density at radius 3 is 1.13 bits per heavy atom. The summed E-state index contributed by atoms with van der Waals surface area (Å²) in [5, 5.41) is 14.7. The fraction of sp³-hybridized carbons (Fsp3) is 0.207. The molecule has 7 nitrogen and oxygen atoms in total. The number of anilines is 3. The van der Waals surface area contributed by atoms with Crippen molar-refractivity contribution in [1.29, 1.82) is 0 Å². The summed E-state index contributed by atoms with van der Waals surface area (Å²) < 4.78 is 4.14. The lowest BCUT2D eigenvalue weighted by atomic mass is 9.83. The smallest absolute Gasteiger partial charge is 0.296 e. The van der Waals surface area contributed by atoms with Gasteiger partial charge in [-0.1, -0.05) is 145 Å². The number of aromatic nitrogens is 4. The molecule has 9 heteroatoms. The average molecular weight is 916 g/mol. The number of benzene rings is 5. The van der Waals surface area contributed by atoms with Gasteiger partial charge in [0.2, 0.25) is 21.4 Å². The fourth-order valence-corrected chi connectivity index (χ4v) is 12.3. The molecule has 7 aromatic rings. The molecule has 3 aliphatic heterocycles. The molecule has 0 radical (unpaired) electrons. The van der Waals surface area contributed by atoms with Crippen LogP contribution in [-0.4, -0.2) is 31.3 Å². The van der Waals surface area contributed by atoms with E-state index in [0.717, 1.165) is 37.0 Å². The molecular formula is C58H57N7S2+2. The molecule has 3 aliphatic rings. The van der Waals surface area contributed by atoms with E-state index in [-0.39, 0.29) is 16.2 Å². The summed E-state index contributed by atoms with van der Waals surface area (Å²) >= 11 is 3.35. The molecule has 5 aromatic carbocycles. The summed E-state index contributed by atoms with van der Waals surface area (Å²) in [6.07, 6.45) is 17.8. The molecule has 0 N–H and O–H groups in total. The van der Waals surface area contributed by atoms with Crippen LogP contribution < -0.4 is 24.1 Å². The first-order chi connectivity index (χ1) is 32.3. The molecule has 0 fully saturated rings. The maximum atomic E-state index is 5.46. The number of nitrogens with zero attached hydrogens (tertiary/aromatic N) is 7. The molecule has 0 atom stereocenters. The van der Waals surface area contributed by atoms with Gasteiger partial charge in [-0.25, -0.2) is 0 Å². The summed E-state index contributed by atoms with van der Waals surface area (Å²) in [6.45, 7) is 13.8. The summed E-state index contributed by atoms with van der Waals surface area (Å²) in [5.74, 6) is 0. The number of para-hydroxylation sites is 5. The minimum Gasteiger partial charge on any atom is -0.347 e. The molecule has 0 spiro atoms. The summed E-state index contributed by atoms with van der Waals surface area (Å²) in [7, 11) is 6.50. The number of rotatable bonds is 9. The standard InChI is InChI=1S/C58H57N7S2/c1-56(2)43-28-16-19-31-46(43)61(7)49(56)34-22-36-52-64(40-24-12-10-13-25-40)59-54(66-52)42(38-39-51-58(5,6)45-30-18-21-33-48(45)63(51)9)55-60-65(41-26-14-11-15-27-41)53(67-55)37-23-35-50-57(3,4)44-29-17-20-32-47(44)62(50)8/h10-39H,1-9H3/q+2. The highest BCUT2D eigenvalue weighted by Gasteiger charge is 2.40. The van der Waals surface area contributed by atoms with Crippen LogP contribution in [0.1, 0.15) is 78.3 Å². The monoisotopic (exact) mass is 915 g/mol. The minimum atomic E-state index is -0.211. The first-order valence-electron chi connectivity index (χ1n) is 22.9. The van der Waals surface area contributed by atoms with E-state index in [9.17, 15) is 0 Å². The number of likely N-dealkylation sites (N-methyl/N-ethyl adjacent to an activating group) is 3. The summed E-state index contributed by atoms with van der Waals surface area (Å²) in [5.41, 5.74) is 13.8. The van der Waals surface area contributed by atoms with Crippen LogP contribution in [0.3, 0.4) is 0 Å². The number of fused-ring (bicyclic) bond motifs is 3. The topological polar surface area (TPSA) is 43.3 Å². The second-order valence-corrected chi connectivity index (χ2v) is 21.1. The Hall–Kier alpha value is -6.94. The van der Waals surface area contributed by atoms with Crippen molar-refractivity contribution in [1.82, 2.24) is 10.2 Å². The highest BCUT2D eigenvalue weighted by Crippen LogP contribution is 2.49. The lowest BCUT2D eigenvalue weighted by Gasteiger charge is -2.23. The zero-order valence-corrected chi connectivity index (χ0v) is 41.4. The van der Waals surface area contributed by atoms with Crippen molar-refractivity contribution >= 4 is 57.5 Å². The van der Waals surface area contributed by atoms with Crippen molar-refractivity contribution in [2.45, 2.75) is 57.8 Å². The van der Waals surface area contributed by atoms with Gasteiger partial charge in [-0.05, 0) is 91.2 Å². The molecule has 5 heterocycles. The first-order valence-corrected chi connectivity index (χ1v) is 24.6. The predicted octanol–water partition coefficient (Wildman–Crippen LogP) is 12.5. The van der Waals surface area contributed by atoms with Crippen molar-refractivity contribution in [2.24, 2.45) is 0 Å². The van der Waals surface area contributed by atoms with Crippen LogP contribution in [-0.2, 0) is 16.2 Å². The second kappa shape index (κ2) is 17.0. The van der Waals surface area contributed by atoms with Gasteiger partial charge in [-0.2, -0.15) is 0 Å². The third-order valence-electron chi connectivity index (χ3n) is 13.9. The molecule has 0 saturated carbocycles. The molecule has 0 unspecified atom stereocenters. The van der Waals surface area contributed by atoms with E-state index in [1.54, 1.807) is 22.7 Å². The zero-order valence-electron chi connectivity index (χ0n) is 39.8. The molecular weight excluding hydrogens is 859 g/mol. The maximum absolute atomic E-state index is 5.46. The zero-order chi connectivity index (χ0) is 46.7. The van der Waals surface area contributed by atoms with Crippen LogP contribution in [0, 0.1) is 0 Å². The Bertz CT molecular complexity index is 3040. The van der Waals surface area contributed by atoms with Gasteiger partial charge in [0, 0.05) is 118 Å². The van der Waals surface area contributed by atoms with Gasteiger partial charge in [0.15, 0.2) is 0 Å². The summed E-state index contributed by atoms with van der Waals surface area (Å²) in [6, 6.07) is 47.0. The number of hydrogen-bond acceptors (Lipinski definition) is 7. The molecule has 0 saturated heterocycles. The minimum absolute atomic E-state index is 0.135. The highest BCUT2D eigenvalue weighted by atomic mass is 32.1. The van der Waals surface area contributed by atoms with E-state index in [2.05, 4.69) is 269 Å². The van der Waals surface area contributed by atoms with Gasteiger partial charge in [0.25, 0.3) is 10.0 Å². The lowest BCUT2D eigenvalue weighted by Crippen LogP contribution is -2.35. The highest BCUT2D eigenvalue weighted by molar-refractivity contribution is 7.15. The molecule has 0 bridgehead atoms. The van der Waals surface area contributed by atoms with Crippen LogP contribution in [0.5, 0.6) is 0 Å². The van der Waals surface area contributed by atoms with E-state index in [1.165, 1.54) is 50.8 Å².